The van der Waals surface area contributed by atoms with Crippen LogP contribution in [0.25, 0.3) is 0 Å². The third kappa shape index (κ3) is 3.83. The first kappa shape index (κ1) is 11.8. The number of aromatic nitrogens is 1. The van der Waals surface area contributed by atoms with Gasteiger partial charge in [-0.15, -0.1) is 0 Å². The van der Waals surface area contributed by atoms with E-state index >= 15 is 0 Å². The second-order valence-electron chi connectivity index (χ2n) is 2.46. The van der Waals surface area contributed by atoms with Crippen molar-refractivity contribution in [2.45, 2.75) is 34.1 Å². The van der Waals surface area contributed by atoms with E-state index in [0.717, 1.165) is 12.0 Å². The molecule has 0 aromatic carbocycles. The Kier molecular flexibility index (Phi) is 5.77. The number of carbonyl (C=O) groups is 1. The lowest BCUT2D eigenvalue weighted by Gasteiger charge is -1.96. The van der Waals surface area contributed by atoms with Gasteiger partial charge in [0, 0.05) is 13.1 Å². The average molecular weight is 179 g/mol. The number of pyridine rings is 1. The van der Waals surface area contributed by atoms with E-state index in [0.29, 0.717) is 5.69 Å². The van der Waals surface area contributed by atoms with Crippen molar-refractivity contribution in [3.63, 3.8) is 0 Å². The van der Waals surface area contributed by atoms with E-state index in [4.69, 9.17) is 0 Å². The summed E-state index contributed by atoms with van der Waals surface area (Å²) >= 11 is 0. The molecule has 0 spiro atoms. The maximum atomic E-state index is 10.8. The highest BCUT2D eigenvalue weighted by molar-refractivity contribution is 5.91. The lowest BCUT2D eigenvalue weighted by atomic mass is 10.2. The number of ketones is 1. The van der Waals surface area contributed by atoms with Crippen LogP contribution in [0.1, 0.15) is 43.7 Å². The summed E-state index contributed by atoms with van der Waals surface area (Å²) in [6.45, 7) is 7.58. The Balaban J connectivity index is 0.000000671. The Morgan fingerprint density at radius 1 is 1.38 bits per heavy atom. The van der Waals surface area contributed by atoms with Gasteiger partial charge in [-0.05, 0) is 18.1 Å². The molecular formula is C11H17NO. The van der Waals surface area contributed by atoms with Crippen LogP contribution in [0.15, 0.2) is 18.3 Å². The number of hydrogen-bond donors (Lipinski definition) is 0. The van der Waals surface area contributed by atoms with E-state index in [1.807, 2.05) is 19.9 Å². The van der Waals surface area contributed by atoms with E-state index in [2.05, 4.69) is 11.9 Å². The normalized spacial score (nSPS) is 8.62. The maximum absolute atomic E-state index is 10.8. The summed E-state index contributed by atoms with van der Waals surface area (Å²) in [7, 11) is 0. The molecule has 0 aliphatic carbocycles. The van der Waals surface area contributed by atoms with Gasteiger partial charge in [0.25, 0.3) is 0 Å². The van der Waals surface area contributed by atoms with Gasteiger partial charge in [-0.3, -0.25) is 9.78 Å². The molecule has 0 radical (unpaired) electrons. The first-order chi connectivity index (χ1) is 6.24. The molecule has 0 aliphatic heterocycles. The van der Waals surface area contributed by atoms with Crippen molar-refractivity contribution >= 4 is 5.78 Å². The van der Waals surface area contributed by atoms with Crippen molar-refractivity contribution in [3.8, 4) is 0 Å². The SMILES string of the molecule is CC.CCc1ccc(C(C)=O)nc1. The zero-order valence-corrected chi connectivity index (χ0v) is 8.79. The number of carbonyl (C=O) groups excluding carboxylic acids is 1. The molecule has 0 unspecified atom stereocenters. The summed E-state index contributed by atoms with van der Waals surface area (Å²) in [6, 6.07) is 3.70. The van der Waals surface area contributed by atoms with Crippen LogP contribution in [0.2, 0.25) is 0 Å². The molecule has 2 nitrogen and oxygen atoms in total. The number of Topliss-reactive ketones (excluding diaryl/α,β-unsaturated/α-hetero) is 1. The van der Waals surface area contributed by atoms with Crippen molar-refractivity contribution in [3.05, 3.63) is 29.6 Å². The molecule has 0 saturated carbocycles. The molecule has 1 rings (SSSR count). The van der Waals surface area contributed by atoms with Gasteiger partial charge >= 0.3 is 0 Å². The summed E-state index contributed by atoms with van der Waals surface area (Å²) in [5.41, 5.74) is 1.71. The van der Waals surface area contributed by atoms with Crippen LogP contribution in [0.3, 0.4) is 0 Å². The Morgan fingerprint density at radius 3 is 2.31 bits per heavy atom. The molecule has 0 atom stereocenters. The molecule has 1 aromatic heterocycles. The molecule has 72 valence electrons. The van der Waals surface area contributed by atoms with Crippen LogP contribution in [-0.4, -0.2) is 10.8 Å². The average Bonchev–Trinajstić information content (AvgIpc) is 2.21. The molecule has 0 aliphatic rings. The molecule has 13 heavy (non-hydrogen) atoms. The quantitative estimate of drug-likeness (QED) is 0.653. The Labute approximate surface area is 80.0 Å². The van der Waals surface area contributed by atoms with E-state index in [1.165, 1.54) is 6.92 Å². The van der Waals surface area contributed by atoms with E-state index in [-0.39, 0.29) is 5.78 Å². The van der Waals surface area contributed by atoms with Crippen molar-refractivity contribution in [2.75, 3.05) is 0 Å². The number of hydrogen-bond acceptors (Lipinski definition) is 2. The Bertz CT molecular complexity index is 251. The first-order valence-electron chi connectivity index (χ1n) is 4.70. The van der Waals surface area contributed by atoms with Gasteiger partial charge in [-0.2, -0.15) is 0 Å². The Morgan fingerprint density at radius 2 is 2.00 bits per heavy atom. The van der Waals surface area contributed by atoms with Gasteiger partial charge in [0.2, 0.25) is 0 Å². The second-order valence-corrected chi connectivity index (χ2v) is 2.46. The largest absolute Gasteiger partial charge is 0.293 e. The molecular weight excluding hydrogens is 162 g/mol. The first-order valence-corrected chi connectivity index (χ1v) is 4.70. The van der Waals surface area contributed by atoms with Gasteiger partial charge < -0.3 is 0 Å². The van der Waals surface area contributed by atoms with E-state index < -0.39 is 0 Å². The highest BCUT2D eigenvalue weighted by Gasteiger charge is 1.98. The predicted octanol–water partition coefficient (Wildman–Crippen LogP) is 2.87. The number of rotatable bonds is 2. The van der Waals surface area contributed by atoms with Crippen LogP contribution >= 0.6 is 0 Å². The molecule has 0 amide bonds. The fourth-order valence-corrected chi connectivity index (χ4v) is 0.842. The fourth-order valence-electron chi connectivity index (χ4n) is 0.842. The van der Waals surface area contributed by atoms with Crippen LogP contribution < -0.4 is 0 Å². The number of aryl methyl sites for hydroxylation is 1. The predicted molar refractivity (Wildman–Crippen MR) is 55.0 cm³/mol. The molecule has 0 N–H and O–H groups in total. The molecule has 0 bridgehead atoms. The van der Waals surface area contributed by atoms with Gasteiger partial charge in [0.05, 0.1) is 0 Å². The van der Waals surface area contributed by atoms with E-state index in [1.54, 1.807) is 12.3 Å². The summed E-state index contributed by atoms with van der Waals surface area (Å²) in [5, 5.41) is 0. The number of nitrogens with zero attached hydrogens (tertiary/aromatic N) is 1. The second kappa shape index (κ2) is 6.35. The van der Waals surface area contributed by atoms with Crippen LogP contribution in [0, 0.1) is 0 Å². The zero-order chi connectivity index (χ0) is 10.3. The summed E-state index contributed by atoms with van der Waals surface area (Å²) < 4.78 is 0. The minimum absolute atomic E-state index is 0.0210. The van der Waals surface area contributed by atoms with Crippen LogP contribution in [-0.2, 0) is 6.42 Å². The summed E-state index contributed by atoms with van der Waals surface area (Å²) in [5.74, 6) is 0.0210. The maximum Gasteiger partial charge on any atom is 0.178 e. The van der Waals surface area contributed by atoms with Crippen LogP contribution in [0.5, 0.6) is 0 Å². The summed E-state index contributed by atoms with van der Waals surface area (Å²) in [6.07, 6.45) is 2.71. The van der Waals surface area contributed by atoms with Gasteiger partial charge in [-0.25, -0.2) is 0 Å². The topological polar surface area (TPSA) is 30.0 Å². The highest BCUT2D eigenvalue weighted by atomic mass is 16.1. The van der Waals surface area contributed by atoms with Crippen molar-refractivity contribution in [2.24, 2.45) is 0 Å². The lowest BCUT2D eigenvalue weighted by Crippen LogP contribution is -1.96. The van der Waals surface area contributed by atoms with Gasteiger partial charge in [-0.1, -0.05) is 26.8 Å². The minimum Gasteiger partial charge on any atom is -0.293 e. The third-order valence-corrected chi connectivity index (χ3v) is 1.59. The monoisotopic (exact) mass is 179 g/mol. The fraction of sp³-hybridized carbons (Fsp3) is 0.455. The zero-order valence-electron chi connectivity index (χ0n) is 8.79. The van der Waals surface area contributed by atoms with Crippen LogP contribution in [0.4, 0.5) is 0 Å². The standard InChI is InChI=1S/C9H11NO.C2H6/c1-3-8-4-5-9(7(2)11)10-6-8;1-2/h4-6H,3H2,1-2H3;1-2H3. The van der Waals surface area contributed by atoms with Crippen molar-refractivity contribution in [1.29, 1.82) is 0 Å². The molecule has 1 heterocycles. The lowest BCUT2D eigenvalue weighted by molar-refractivity contribution is 0.101. The van der Waals surface area contributed by atoms with Crippen molar-refractivity contribution < 1.29 is 4.79 Å². The van der Waals surface area contributed by atoms with Gasteiger partial charge in [0.1, 0.15) is 5.69 Å². The molecule has 2 heteroatoms. The highest BCUT2D eigenvalue weighted by Crippen LogP contribution is 2.00. The smallest absolute Gasteiger partial charge is 0.178 e. The van der Waals surface area contributed by atoms with E-state index in [9.17, 15) is 4.79 Å². The molecule has 0 fully saturated rings. The third-order valence-electron chi connectivity index (χ3n) is 1.59. The molecule has 0 saturated heterocycles. The minimum atomic E-state index is 0.0210. The van der Waals surface area contributed by atoms with Crippen molar-refractivity contribution in [1.82, 2.24) is 4.98 Å². The molecule has 1 aromatic rings. The Hall–Kier alpha value is -1.18. The summed E-state index contributed by atoms with van der Waals surface area (Å²) in [4.78, 5) is 14.8. The van der Waals surface area contributed by atoms with Gasteiger partial charge in [0.15, 0.2) is 5.78 Å².